The van der Waals surface area contributed by atoms with Crippen molar-refractivity contribution >= 4 is 38.9 Å². The Balaban J connectivity index is 1.80. The summed E-state index contributed by atoms with van der Waals surface area (Å²) in [5.41, 5.74) is 1.04. The molecular formula is C18H20Cl2N2O3S. The Hall–Kier alpha value is -1.47. The van der Waals surface area contributed by atoms with E-state index < -0.39 is 10.0 Å². The molecule has 5 nitrogen and oxygen atoms in total. The van der Waals surface area contributed by atoms with E-state index in [0.29, 0.717) is 24.7 Å². The Morgan fingerprint density at radius 3 is 2.38 bits per heavy atom. The zero-order valence-electron chi connectivity index (χ0n) is 14.5. The minimum absolute atomic E-state index is 0.0184. The number of methoxy groups -OCH3 is 1. The summed E-state index contributed by atoms with van der Waals surface area (Å²) in [6.07, 6.45) is 0. The molecule has 3 rings (SSSR count). The monoisotopic (exact) mass is 414 g/mol. The van der Waals surface area contributed by atoms with Crippen LogP contribution in [0.1, 0.15) is 6.92 Å². The van der Waals surface area contributed by atoms with Crippen LogP contribution < -0.4 is 9.64 Å². The maximum absolute atomic E-state index is 13.0. The lowest BCUT2D eigenvalue weighted by atomic mass is 10.2. The zero-order chi connectivity index (χ0) is 18.9. The Morgan fingerprint density at radius 1 is 1.08 bits per heavy atom. The minimum atomic E-state index is -3.69. The predicted octanol–water partition coefficient (Wildman–Crippen LogP) is 3.90. The molecule has 1 aliphatic heterocycles. The van der Waals surface area contributed by atoms with Crippen molar-refractivity contribution in [3.8, 4) is 5.75 Å². The maximum Gasteiger partial charge on any atom is 0.244 e. The Labute approximate surface area is 164 Å². The second-order valence-electron chi connectivity index (χ2n) is 6.18. The smallest absolute Gasteiger partial charge is 0.244 e. The number of anilines is 1. The molecule has 2 aromatic carbocycles. The third-order valence-electron chi connectivity index (χ3n) is 4.51. The molecule has 0 spiro atoms. The van der Waals surface area contributed by atoms with Crippen LogP contribution in [0.4, 0.5) is 5.69 Å². The van der Waals surface area contributed by atoms with Crippen molar-refractivity contribution in [1.29, 1.82) is 0 Å². The molecule has 0 saturated carbocycles. The number of nitrogens with zero attached hydrogens (tertiary/aromatic N) is 2. The lowest BCUT2D eigenvalue weighted by Crippen LogP contribution is -2.53. The summed E-state index contributed by atoms with van der Waals surface area (Å²) in [5.74, 6) is 0.790. The van der Waals surface area contributed by atoms with Crippen molar-refractivity contribution in [2.75, 3.05) is 31.6 Å². The lowest BCUT2D eigenvalue weighted by molar-refractivity contribution is 0.342. The molecule has 1 atom stereocenters. The van der Waals surface area contributed by atoms with Crippen LogP contribution in [0.25, 0.3) is 0 Å². The summed E-state index contributed by atoms with van der Waals surface area (Å²) < 4.78 is 32.6. The first-order chi connectivity index (χ1) is 12.3. The summed E-state index contributed by atoms with van der Waals surface area (Å²) in [6.45, 7) is 3.34. The number of hydrogen-bond acceptors (Lipinski definition) is 4. The molecule has 1 saturated heterocycles. The molecule has 2 aromatic rings. The number of hydrogen-bond donors (Lipinski definition) is 0. The van der Waals surface area contributed by atoms with Crippen LogP contribution in [0.5, 0.6) is 5.75 Å². The molecule has 0 amide bonds. The average Bonchev–Trinajstić information content (AvgIpc) is 2.63. The highest BCUT2D eigenvalue weighted by atomic mass is 35.5. The van der Waals surface area contributed by atoms with Gasteiger partial charge in [-0.05, 0) is 49.4 Å². The van der Waals surface area contributed by atoms with Gasteiger partial charge in [0, 0.05) is 36.4 Å². The summed E-state index contributed by atoms with van der Waals surface area (Å²) in [6, 6.07) is 12.3. The molecular weight excluding hydrogens is 395 g/mol. The Bertz CT molecular complexity index is 888. The van der Waals surface area contributed by atoms with E-state index in [9.17, 15) is 8.42 Å². The summed E-state index contributed by atoms with van der Waals surface area (Å²) in [7, 11) is -2.07. The third kappa shape index (κ3) is 3.78. The largest absolute Gasteiger partial charge is 0.497 e. The summed E-state index contributed by atoms with van der Waals surface area (Å²) >= 11 is 12.1. The predicted molar refractivity (Wildman–Crippen MR) is 105 cm³/mol. The third-order valence-corrected chi connectivity index (χ3v) is 7.09. The van der Waals surface area contributed by atoms with E-state index in [1.165, 1.54) is 16.4 Å². The van der Waals surface area contributed by atoms with E-state index >= 15 is 0 Å². The molecule has 0 aromatic heterocycles. The molecule has 140 valence electrons. The van der Waals surface area contributed by atoms with Crippen LogP contribution in [0.2, 0.25) is 10.0 Å². The van der Waals surface area contributed by atoms with Crippen molar-refractivity contribution in [2.24, 2.45) is 0 Å². The molecule has 1 heterocycles. The summed E-state index contributed by atoms with van der Waals surface area (Å²) in [5, 5.41) is 0.525. The highest BCUT2D eigenvalue weighted by Gasteiger charge is 2.33. The fourth-order valence-corrected chi connectivity index (χ4v) is 5.36. The van der Waals surface area contributed by atoms with Gasteiger partial charge in [-0.1, -0.05) is 23.2 Å². The van der Waals surface area contributed by atoms with Gasteiger partial charge in [0.25, 0.3) is 0 Å². The second kappa shape index (κ2) is 7.64. The fraction of sp³-hybridized carbons (Fsp3) is 0.333. The zero-order valence-corrected chi connectivity index (χ0v) is 16.9. The Morgan fingerprint density at radius 2 is 1.77 bits per heavy atom. The number of piperazine rings is 1. The van der Waals surface area contributed by atoms with E-state index in [1.54, 1.807) is 13.2 Å². The van der Waals surface area contributed by atoms with Gasteiger partial charge in [-0.2, -0.15) is 4.31 Å². The molecule has 1 aliphatic rings. The standard InChI is InChI=1S/C18H20Cl2N2O3S/c1-13-12-21(26(23,24)18-11-14(19)3-8-17(18)20)9-10-22(13)15-4-6-16(25-2)7-5-15/h3-8,11,13H,9-10,12H2,1-2H3. The quantitative estimate of drug-likeness (QED) is 0.760. The first kappa shape index (κ1) is 19.3. The van der Waals surface area contributed by atoms with Crippen LogP contribution in [0, 0.1) is 0 Å². The van der Waals surface area contributed by atoms with Crippen LogP contribution in [0.3, 0.4) is 0 Å². The molecule has 0 aliphatic carbocycles. The topological polar surface area (TPSA) is 49.9 Å². The van der Waals surface area contributed by atoms with Crippen molar-refractivity contribution in [3.63, 3.8) is 0 Å². The molecule has 26 heavy (non-hydrogen) atoms. The van der Waals surface area contributed by atoms with E-state index in [0.717, 1.165) is 11.4 Å². The molecule has 0 radical (unpaired) electrons. The lowest BCUT2D eigenvalue weighted by Gasteiger charge is -2.40. The number of benzene rings is 2. The fourth-order valence-electron chi connectivity index (χ4n) is 3.11. The van der Waals surface area contributed by atoms with Crippen molar-refractivity contribution in [2.45, 2.75) is 17.9 Å². The van der Waals surface area contributed by atoms with Crippen LogP contribution in [0.15, 0.2) is 47.4 Å². The van der Waals surface area contributed by atoms with Gasteiger partial charge in [-0.3, -0.25) is 0 Å². The normalized spacial score (nSPS) is 18.8. The molecule has 1 unspecified atom stereocenters. The van der Waals surface area contributed by atoms with E-state index in [1.807, 2.05) is 31.2 Å². The molecule has 8 heteroatoms. The van der Waals surface area contributed by atoms with Gasteiger partial charge in [0.1, 0.15) is 10.6 Å². The number of ether oxygens (including phenoxy) is 1. The first-order valence-electron chi connectivity index (χ1n) is 8.19. The number of rotatable bonds is 4. The highest BCUT2D eigenvalue weighted by Crippen LogP contribution is 2.30. The number of sulfonamides is 1. The van der Waals surface area contributed by atoms with Gasteiger partial charge < -0.3 is 9.64 Å². The summed E-state index contributed by atoms with van der Waals surface area (Å²) in [4.78, 5) is 2.24. The van der Waals surface area contributed by atoms with Crippen LogP contribution in [-0.2, 0) is 10.0 Å². The van der Waals surface area contributed by atoms with E-state index in [-0.39, 0.29) is 16.0 Å². The SMILES string of the molecule is COc1ccc(N2CCN(S(=O)(=O)c3cc(Cl)ccc3Cl)CC2C)cc1. The first-order valence-corrected chi connectivity index (χ1v) is 10.4. The van der Waals surface area contributed by atoms with E-state index in [4.69, 9.17) is 27.9 Å². The van der Waals surface area contributed by atoms with Gasteiger partial charge in [0.05, 0.1) is 12.1 Å². The van der Waals surface area contributed by atoms with Crippen LogP contribution in [-0.4, -0.2) is 45.5 Å². The molecule has 0 N–H and O–H groups in total. The van der Waals surface area contributed by atoms with E-state index in [2.05, 4.69) is 4.90 Å². The van der Waals surface area contributed by atoms with Crippen molar-refractivity contribution < 1.29 is 13.2 Å². The van der Waals surface area contributed by atoms with Gasteiger partial charge >= 0.3 is 0 Å². The van der Waals surface area contributed by atoms with Gasteiger partial charge in [0.15, 0.2) is 0 Å². The van der Waals surface area contributed by atoms with Gasteiger partial charge in [-0.15, -0.1) is 0 Å². The Kier molecular flexibility index (Phi) is 5.67. The maximum atomic E-state index is 13.0. The average molecular weight is 415 g/mol. The van der Waals surface area contributed by atoms with Crippen molar-refractivity contribution in [3.05, 3.63) is 52.5 Å². The molecule has 0 bridgehead atoms. The number of halogens is 2. The minimum Gasteiger partial charge on any atom is -0.497 e. The van der Waals surface area contributed by atoms with Gasteiger partial charge in [-0.25, -0.2) is 8.42 Å². The van der Waals surface area contributed by atoms with Crippen molar-refractivity contribution in [1.82, 2.24) is 4.31 Å². The highest BCUT2D eigenvalue weighted by molar-refractivity contribution is 7.89. The van der Waals surface area contributed by atoms with Crippen LogP contribution >= 0.6 is 23.2 Å². The van der Waals surface area contributed by atoms with Gasteiger partial charge in [0.2, 0.25) is 10.0 Å². The second-order valence-corrected chi connectivity index (χ2v) is 8.93. The molecule has 1 fully saturated rings.